The number of aldehydes is 1. The van der Waals surface area contributed by atoms with Crippen LogP contribution in [0.25, 0.3) is 0 Å². The highest BCUT2D eigenvalue weighted by molar-refractivity contribution is 6.40. The molecular weight excluding hydrogens is 242 g/mol. The maximum absolute atomic E-state index is 11.9. The molecule has 4 heteroatoms. The van der Waals surface area contributed by atoms with Crippen molar-refractivity contribution in [3.63, 3.8) is 0 Å². The summed E-state index contributed by atoms with van der Waals surface area (Å²) < 4.78 is 0. The van der Waals surface area contributed by atoms with E-state index in [1.54, 1.807) is 18.2 Å². The van der Waals surface area contributed by atoms with Gasteiger partial charge in [-0.15, -0.1) is 0 Å². The van der Waals surface area contributed by atoms with Gasteiger partial charge in [0.1, 0.15) is 6.29 Å². The van der Waals surface area contributed by atoms with E-state index in [2.05, 4.69) is 6.58 Å². The smallest absolute Gasteiger partial charge is 0.206 e. The summed E-state index contributed by atoms with van der Waals surface area (Å²) in [5.41, 5.74) is 8.54. The number of Topliss-reactive ketones (excluding diaryl/α,β-unsaturated/α-hetero) is 2. The predicted molar refractivity (Wildman–Crippen MR) is 71.8 cm³/mol. The molecule has 1 aromatic rings. The number of ketones is 2. The van der Waals surface area contributed by atoms with E-state index in [4.69, 9.17) is 5.73 Å². The summed E-state index contributed by atoms with van der Waals surface area (Å²) >= 11 is 0. The Kier molecular flexibility index (Phi) is 3.60. The fourth-order valence-corrected chi connectivity index (χ4v) is 2.34. The quantitative estimate of drug-likeness (QED) is 0.386. The maximum Gasteiger partial charge on any atom is 0.206 e. The summed E-state index contributed by atoms with van der Waals surface area (Å²) in [7, 11) is 0. The number of carbonyl (C=O) groups excluding carboxylic acids is 3. The number of hydrogen-bond acceptors (Lipinski definition) is 4. The van der Waals surface area contributed by atoms with Gasteiger partial charge in [-0.1, -0.05) is 24.3 Å². The minimum atomic E-state index is -0.485. The van der Waals surface area contributed by atoms with Crippen molar-refractivity contribution < 1.29 is 14.4 Å². The van der Waals surface area contributed by atoms with Crippen LogP contribution in [0.15, 0.2) is 30.4 Å². The second-order valence-corrected chi connectivity index (χ2v) is 4.80. The first-order chi connectivity index (χ1) is 9.02. The summed E-state index contributed by atoms with van der Waals surface area (Å²) in [5.74, 6) is -1.26. The monoisotopic (exact) mass is 257 g/mol. The molecule has 98 valence electrons. The van der Waals surface area contributed by atoms with Gasteiger partial charge in [-0.2, -0.15) is 0 Å². The van der Waals surface area contributed by atoms with Crippen molar-refractivity contribution in [3.05, 3.63) is 41.5 Å². The molecule has 2 N–H and O–H groups in total. The molecule has 0 heterocycles. The summed E-state index contributed by atoms with van der Waals surface area (Å²) in [5, 5.41) is 0. The molecule has 4 nitrogen and oxygen atoms in total. The number of allylic oxidation sites excluding steroid dienone is 1. The van der Waals surface area contributed by atoms with E-state index in [1.807, 2.05) is 0 Å². The normalized spacial score (nSPS) is 19.6. The van der Waals surface area contributed by atoms with Crippen LogP contribution in [0.2, 0.25) is 0 Å². The van der Waals surface area contributed by atoms with Gasteiger partial charge in [0.15, 0.2) is 0 Å². The van der Waals surface area contributed by atoms with E-state index in [9.17, 15) is 14.4 Å². The van der Waals surface area contributed by atoms with Crippen molar-refractivity contribution in [2.75, 3.05) is 5.73 Å². The average molecular weight is 257 g/mol. The Balaban J connectivity index is 2.33. The number of rotatable bonds is 3. The number of nitrogen functional groups attached to an aromatic ring is 1. The van der Waals surface area contributed by atoms with Crippen LogP contribution in [0.4, 0.5) is 5.69 Å². The average Bonchev–Trinajstić information content (AvgIpc) is 2.36. The lowest BCUT2D eigenvalue weighted by atomic mass is 9.79. The van der Waals surface area contributed by atoms with Gasteiger partial charge in [-0.3, -0.25) is 9.59 Å². The van der Waals surface area contributed by atoms with Crippen molar-refractivity contribution in [3.8, 4) is 0 Å². The molecule has 1 atom stereocenters. The molecule has 1 saturated carbocycles. The van der Waals surface area contributed by atoms with Gasteiger partial charge < -0.3 is 10.5 Å². The van der Waals surface area contributed by atoms with Gasteiger partial charge in [0, 0.05) is 18.5 Å². The molecule has 0 aliphatic heterocycles. The van der Waals surface area contributed by atoms with Gasteiger partial charge in [-0.05, 0) is 23.6 Å². The lowest BCUT2D eigenvalue weighted by Gasteiger charge is -2.22. The first-order valence-corrected chi connectivity index (χ1v) is 6.08. The lowest BCUT2D eigenvalue weighted by Crippen LogP contribution is -2.28. The summed E-state index contributed by atoms with van der Waals surface area (Å²) in [4.78, 5) is 33.9. The van der Waals surface area contributed by atoms with Gasteiger partial charge >= 0.3 is 0 Å². The Hall–Kier alpha value is -2.23. The minimum Gasteiger partial charge on any atom is -0.398 e. The summed E-state index contributed by atoms with van der Waals surface area (Å²) in [6.45, 7) is 3.79. The fraction of sp³-hybridized carbons (Fsp3) is 0.267. The van der Waals surface area contributed by atoms with Crippen LogP contribution < -0.4 is 5.73 Å². The molecule has 0 bridgehead atoms. The van der Waals surface area contributed by atoms with Crippen molar-refractivity contribution in [1.82, 2.24) is 0 Å². The Morgan fingerprint density at radius 1 is 1.37 bits per heavy atom. The second-order valence-electron chi connectivity index (χ2n) is 4.80. The van der Waals surface area contributed by atoms with Crippen molar-refractivity contribution in [1.29, 1.82) is 0 Å². The minimum absolute atomic E-state index is 0.147. The Labute approximate surface area is 111 Å². The molecule has 1 aromatic carbocycles. The van der Waals surface area contributed by atoms with Crippen LogP contribution >= 0.6 is 0 Å². The van der Waals surface area contributed by atoms with Gasteiger partial charge in [0.25, 0.3) is 0 Å². The molecular formula is C15H15NO3. The summed E-state index contributed by atoms with van der Waals surface area (Å²) in [6, 6.07) is 5.16. The molecule has 0 amide bonds. The zero-order chi connectivity index (χ0) is 14.0. The van der Waals surface area contributed by atoms with Crippen LogP contribution in [0, 0.1) is 0 Å². The highest BCUT2D eigenvalue weighted by atomic mass is 16.2. The van der Waals surface area contributed by atoms with E-state index in [-0.39, 0.29) is 18.6 Å². The number of nitrogens with two attached hydrogens (primary N) is 1. The molecule has 1 unspecified atom stereocenters. The highest BCUT2D eigenvalue weighted by Gasteiger charge is 2.32. The topological polar surface area (TPSA) is 77.2 Å². The molecule has 2 rings (SSSR count). The summed E-state index contributed by atoms with van der Waals surface area (Å²) in [6.07, 6.45) is 1.66. The number of hydrogen-bond donors (Lipinski definition) is 1. The van der Waals surface area contributed by atoms with Crippen molar-refractivity contribution in [2.45, 2.75) is 25.2 Å². The second kappa shape index (κ2) is 5.18. The number of anilines is 1. The highest BCUT2D eigenvalue weighted by Crippen LogP contribution is 2.32. The molecule has 1 fully saturated rings. The van der Waals surface area contributed by atoms with E-state index >= 15 is 0 Å². The van der Waals surface area contributed by atoms with Gasteiger partial charge in [0.05, 0.1) is 5.92 Å². The fourth-order valence-electron chi connectivity index (χ4n) is 2.34. The van der Waals surface area contributed by atoms with Crippen LogP contribution in [-0.2, 0) is 20.8 Å². The molecule has 0 aromatic heterocycles. The van der Waals surface area contributed by atoms with Crippen LogP contribution in [0.3, 0.4) is 0 Å². The van der Waals surface area contributed by atoms with E-state index in [0.29, 0.717) is 17.7 Å². The van der Waals surface area contributed by atoms with Gasteiger partial charge in [0.2, 0.25) is 11.6 Å². The molecule has 0 saturated heterocycles. The molecule has 19 heavy (non-hydrogen) atoms. The Bertz CT molecular complexity index is 575. The van der Waals surface area contributed by atoms with Crippen molar-refractivity contribution in [2.24, 2.45) is 0 Å². The molecule has 0 spiro atoms. The Morgan fingerprint density at radius 3 is 2.74 bits per heavy atom. The predicted octanol–water partition coefficient (Wildman–Crippen LogP) is 1.58. The molecule has 1 aliphatic rings. The zero-order valence-corrected chi connectivity index (χ0v) is 10.5. The SMILES string of the molecule is C=C1CC(=O)C(=O)C(c2ccc(CC=O)c(N)c2)C1. The third kappa shape index (κ3) is 2.62. The van der Waals surface area contributed by atoms with Gasteiger partial charge in [-0.25, -0.2) is 0 Å². The van der Waals surface area contributed by atoms with E-state index in [0.717, 1.165) is 17.4 Å². The molecule has 1 aliphatic carbocycles. The standard InChI is InChI=1S/C15H15NO3/c1-9-6-12(15(19)14(18)7-9)11-3-2-10(4-5-17)13(16)8-11/h2-3,5,8,12H,1,4,6-7,16H2. The third-order valence-electron chi connectivity index (χ3n) is 3.37. The van der Waals surface area contributed by atoms with Crippen LogP contribution in [0.5, 0.6) is 0 Å². The third-order valence-corrected chi connectivity index (χ3v) is 3.37. The van der Waals surface area contributed by atoms with Crippen LogP contribution in [-0.4, -0.2) is 17.9 Å². The van der Waals surface area contributed by atoms with E-state index < -0.39 is 11.7 Å². The maximum atomic E-state index is 11.9. The van der Waals surface area contributed by atoms with E-state index in [1.165, 1.54) is 0 Å². The largest absolute Gasteiger partial charge is 0.398 e. The van der Waals surface area contributed by atoms with Crippen LogP contribution in [0.1, 0.15) is 29.9 Å². The molecule has 0 radical (unpaired) electrons. The first-order valence-electron chi connectivity index (χ1n) is 6.08. The Morgan fingerprint density at radius 2 is 2.11 bits per heavy atom. The number of benzene rings is 1. The first kappa shape index (κ1) is 13.2. The number of carbonyl (C=O) groups is 3. The lowest BCUT2D eigenvalue weighted by molar-refractivity contribution is -0.138. The zero-order valence-electron chi connectivity index (χ0n) is 10.5. The van der Waals surface area contributed by atoms with Crippen molar-refractivity contribution >= 4 is 23.5 Å².